The summed E-state index contributed by atoms with van der Waals surface area (Å²) in [6, 6.07) is 0. The summed E-state index contributed by atoms with van der Waals surface area (Å²) in [7, 11) is 0. The molecule has 1 N–H and O–H groups in total. The zero-order valence-electron chi connectivity index (χ0n) is 10.4. The molecule has 94 valence electrons. The SMILES string of the molecule is CC(=O)N(CCCCO)C(=O)OC(C)(C)C. The molecule has 0 aliphatic rings. The van der Waals surface area contributed by atoms with E-state index in [9.17, 15) is 9.59 Å². The van der Waals surface area contributed by atoms with Crippen LogP contribution in [0.2, 0.25) is 0 Å². The number of rotatable bonds is 4. The highest BCUT2D eigenvalue weighted by atomic mass is 16.6. The van der Waals surface area contributed by atoms with Crippen molar-refractivity contribution in [1.29, 1.82) is 0 Å². The first-order valence-electron chi connectivity index (χ1n) is 5.40. The van der Waals surface area contributed by atoms with Crippen molar-refractivity contribution in [1.82, 2.24) is 4.90 Å². The molecule has 5 nitrogen and oxygen atoms in total. The molecule has 0 aromatic carbocycles. The minimum atomic E-state index is -0.627. The third-order valence-electron chi connectivity index (χ3n) is 1.78. The van der Waals surface area contributed by atoms with Gasteiger partial charge in [0.25, 0.3) is 0 Å². The summed E-state index contributed by atoms with van der Waals surface area (Å²) in [6.07, 6.45) is 0.514. The number of carbonyl (C=O) groups is 2. The Labute approximate surface area is 96.4 Å². The van der Waals surface area contributed by atoms with E-state index in [0.29, 0.717) is 12.8 Å². The van der Waals surface area contributed by atoms with Gasteiger partial charge in [-0.15, -0.1) is 0 Å². The van der Waals surface area contributed by atoms with E-state index in [1.807, 2.05) is 0 Å². The molecule has 0 saturated heterocycles. The van der Waals surface area contributed by atoms with E-state index in [-0.39, 0.29) is 19.1 Å². The number of imide groups is 1. The lowest BCUT2D eigenvalue weighted by atomic mass is 10.2. The van der Waals surface area contributed by atoms with Crippen molar-refractivity contribution in [3.05, 3.63) is 0 Å². The van der Waals surface area contributed by atoms with Gasteiger partial charge in [-0.2, -0.15) is 0 Å². The van der Waals surface area contributed by atoms with Gasteiger partial charge in [-0.25, -0.2) is 9.69 Å². The van der Waals surface area contributed by atoms with Gasteiger partial charge in [-0.05, 0) is 33.6 Å². The number of unbranched alkanes of at least 4 members (excludes halogenated alkanes) is 1. The van der Waals surface area contributed by atoms with E-state index in [2.05, 4.69) is 0 Å². The third kappa shape index (κ3) is 6.40. The van der Waals surface area contributed by atoms with Gasteiger partial charge in [-0.3, -0.25) is 4.79 Å². The normalized spacial score (nSPS) is 11.1. The lowest BCUT2D eigenvalue weighted by Crippen LogP contribution is -2.40. The quantitative estimate of drug-likeness (QED) is 0.745. The molecule has 0 rings (SSSR count). The monoisotopic (exact) mass is 231 g/mol. The first kappa shape index (κ1) is 14.9. The minimum Gasteiger partial charge on any atom is -0.443 e. The van der Waals surface area contributed by atoms with Gasteiger partial charge in [0.2, 0.25) is 5.91 Å². The molecular weight excluding hydrogens is 210 g/mol. The maximum atomic E-state index is 11.6. The Kier molecular flexibility index (Phi) is 6.03. The molecule has 0 aromatic heterocycles. The number of nitrogens with zero attached hydrogens (tertiary/aromatic N) is 1. The van der Waals surface area contributed by atoms with Crippen LogP contribution in [0.25, 0.3) is 0 Å². The summed E-state index contributed by atoms with van der Waals surface area (Å²) in [6.45, 7) is 6.90. The third-order valence-corrected chi connectivity index (χ3v) is 1.78. The van der Waals surface area contributed by atoms with E-state index in [0.717, 1.165) is 4.90 Å². The van der Waals surface area contributed by atoms with E-state index >= 15 is 0 Å². The molecule has 0 bridgehead atoms. The molecule has 0 aromatic rings. The van der Waals surface area contributed by atoms with Crippen LogP contribution in [0, 0.1) is 0 Å². The fourth-order valence-electron chi connectivity index (χ4n) is 1.08. The number of aliphatic hydroxyl groups is 1. The fraction of sp³-hybridized carbons (Fsp3) is 0.818. The molecule has 0 heterocycles. The van der Waals surface area contributed by atoms with Gasteiger partial charge in [-0.1, -0.05) is 0 Å². The standard InChI is InChI=1S/C11H21NO4/c1-9(14)12(7-5-6-8-13)10(15)16-11(2,3)4/h13H,5-8H2,1-4H3. The van der Waals surface area contributed by atoms with Crippen molar-refractivity contribution in [2.75, 3.05) is 13.2 Å². The van der Waals surface area contributed by atoms with E-state index in [4.69, 9.17) is 9.84 Å². The zero-order chi connectivity index (χ0) is 12.8. The van der Waals surface area contributed by atoms with Gasteiger partial charge in [0, 0.05) is 20.1 Å². The lowest BCUT2D eigenvalue weighted by Gasteiger charge is -2.25. The number of hydrogen-bond donors (Lipinski definition) is 1. The van der Waals surface area contributed by atoms with Crippen molar-refractivity contribution in [2.45, 2.75) is 46.1 Å². The first-order chi connectivity index (χ1) is 7.28. The molecule has 2 amide bonds. The summed E-state index contributed by atoms with van der Waals surface area (Å²) < 4.78 is 5.10. The van der Waals surface area contributed by atoms with Crippen LogP contribution in [0.1, 0.15) is 40.5 Å². The topological polar surface area (TPSA) is 66.8 Å². The van der Waals surface area contributed by atoms with E-state index < -0.39 is 11.7 Å². The van der Waals surface area contributed by atoms with Crippen molar-refractivity contribution < 1.29 is 19.4 Å². The molecule has 5 heteroatoms. The van der Waals surface area contributed by atoms with Crippen LogP contribution < -0.4 is 0 Å². The van der Waals surface area contributed by atoms with E-state index in [1.165, 1.54) is 6.92 Å². The second kappa shape index (κ2) is 6.48. The zero-order valence-corrected chi connectivity index (χ0v) is 10.4. The molecule has 0 saturated carbocycles. The van der Waals surface area contributed by atoms with Crippen molar-refractivity contribution in [2.24, 2.45) is 0 Å². The van der Waals surface area contributed by atoms with Gasteiger partial charge in [0.15, 0.2) is 0 Å². The number of aliphatic hydroxyl groups excluding tert-OH is 1. The van der Waals surface area contributed by atoms with Crippen LogP contribution in [0.4, 0.5) is 4.79 Å². The van der Waals surface area contributed by atoms with Crippen LogP contribution >= 0.6 is 0 Å². The number of hydrogen-bond acceptors (Lipinski definition) is 4. The highest BCUT2D eigenvalue weighted by Gasteiger charge is 2.24. The Morgan fingerprint density at radius 3 is 2.19 bits per heavy atom. The molecule has 0 unspecified atom stereocenters. The smallest absolute Gasteiger partial charge is 0.417 e. The second-order valence-corrected chi connectivity index (χ2v) is 4.58. The fourth-order valence-corrected chi connectivity index (χ4v) is 1.08. The van der Waals surface area contributed by atoms with Crippen molar-refractivity contribution >= 4 is 12.0 Å². The Hall–Kier alpha value is -1.10. The molecular formula is C11H21NO4. The van der Waals surface area contributed by atoms with Gasteiger partial charge in [0.1, 0.15) is 5.60 Å². The van der Waals surface area contributed by atoms with Crippen LogP contribution in [0.3, 0.4) is 0 Å². The molecule has 0 atom stereocenters. The predicted octanol–water partition coefficient (Wildman–Crippen LogP) is 1.54. The summed E-state index contributed by atoms with van der Waals surface area (Å²) in [5.74, 6) is -0.341. The highest BCUT2D eigenvalue weighted by molar-refractivity contribution is 5.90. The molecule has 0 aliphatic heterocycles. The second-order valence-electron chi connectivity index (χ2n) is 4.58. The molecule has 0 aliphatic carbocycles. The summed E-state index contributed by atoms with van der Waals surface area (Å²) >= 11 is 0. The summed E-state index contributed by atoms with van der Waals surface area (Å²) in [4.78, 5) is 23.9. The molecule has 0 spiro atoms. The van der Waals surface area contributed by atoms with Crippen LogP contribution in [-0.4, -0.2) is 40.8 Å². The predicted molar refractivity (Wildman–Crippen MR) is 59.9 cm³/mol. The Bertz CT molecular complexity index is 245. The maximum Gasteiger partial charge on any atom is 0.417 e. The van der Waals surface area contributed by atoms with Crippen LogP contribution in [0.15, 0.2) is 0 Å². The maximum absolute atomic E-state index is 11.6. The summed E-state index contributed by atoms with van der Waals surface area (Å²) in [5, 5.41) is 8.62. The van der Waals surface area contributed by atoms with Crippen LogP contribution in [-0.2, 0) is 9.53 Å². The molecule has 0 radical (unpaired) electrons. The number of amides is 2. The van der Waals surface area contributed by atoms with Crippen molar-refractivity contribution in [3.8, 4) is 0 Å². The number of ether oxygens (including phenoxy) is 1. The van der Waals surface area contributed by atoms with Crippen LogP contribution in [0.5, 0.6) is 0 Å². The highest BCUT2D eigenvalue weighted by Crippen LogP contribution is 2.10. The Morgan fingerprint density at radius 2 is 1.81 bits per heavy atom. The first-order valence-corrected chi connectivity index (χ1v) is 5.40. The lowest BCUT2D eigenvalue weighted by molar-refractivity contribution is -0.128. The summed E-state index contributed by atoms with van der Waals surface area (Å²) in [5.41, 5.74) is -0.609. The Morgan fingerprint density at radius 1 is 1.25 bits per heavy atom. The van der Waals surface area contributed by atoms with Gasteiger partial charge in [0.05, 0.1) is 0 Å². The van der Waals surface area contributed by atoms with E-state index in [1.54, 1.807) is 20.8 Å². The average molecular weight is 231 g/mol. The minimum absolute atomic E-state index is 0.0556. The Balaban J connectivity index is 4.31. The molecule has 0 fully saturated rings. The largest absolute Gasteiger partial charge is 0.443 e. The number of carbonyl (C=O) groups excluding carboxylic acids is 2. The average Bonchev–Trinajstić information content (AvgIpc) is 2.08. The van der Waals surface area contributed by atoms with Crippen molar-refractivity contribution in [3.63, 3.8) is 0 Å². The van der Waals surface area contributed by atoms with Gasteiger partial charge < -0.3 is 9.84 Å². The molecule has 16 heavy (non-hydrogen) atoms. The van der Waals surface area contributed by atoms with Gasteiger partial charge >= 0.3 is 6.09 Å².